The number of amides is 1. The predicted octanol–water partition coefficient (Wildman–Crippen LogP) is 1.94. The third kappa shape index (κ3) is 4.25. The van der Waals surface area contributed by atoms with Crippen molar-refractivity contribution in [3.8, 4) is 5.75 Å². The Morgan fingerprint density at radius 1 is 1.44 bits per heavy atom. The highest BCUT2D eigenvalue weighted by atomic mass is 35.5. The van der Waals surface area contributed by atoms with E-state index in [0.717, 1.165) is 0 Å². The van der Waals surface area contributed by atoms with Crippen molar-refractivity contribution in [1.29, 1.82) is 0 Å². The van der Waals surface area contributed by atoms with Crippen LogP contribution in [0.4, 0.5) is 0 Å². The molecule has 0 saturated carbocycles. The topological polar surface area (TPSA) is 75.6 Å². The van der Waals surface area contributed by atoms with Crippen LogP contribution in [0.5, 0.6) is 5.75 Å². The van der Waals surface area contributed by atoms with Crippen molar-refractivity contribution in [3.05, 3.63) is 28.8 Å². The van der Waals surface area contributed by atoms with Gasteiger partial charge in [0.05, 0.1) is 13.0 Å². The van der Waals surface area contributed by atoms with E-state index in [0.29, 0.717) is 11.6 Å². The van der Waals surface area contributed by atoms with E-state index in [4.69, 9.17) is 21.4 Å². The van der Waals surface area contributed by atoms with Gasteiger partial charge < -0.3 is 15.2 Å². The van der Waals surface area contributed by atoms with Gasteiger partial charge in [0.25, 0.3) is 0 Å². The molecule has 6 heteroatoms. The molecule has 0 aliphatic heterocycles. The van der Waals surface area contributed by atoms with Gasteiger partial charge in [-0.15, -0.1) is 0 Å². The Kier molecular flexibility index (Phi) is 5.45. The van der Waals surface area contributed by atoms with Gasteiger partial charge in [-0.05, 0) is 25.1 Å². The Balaban J connectivity index is 2.63. The van der Waals surface area contributed by atoms with E-state index < -0.39 is 5.97 Å². The second kappa shape index (κ2) is 6.86. The maximum atomic E-state index is 11.2. The minimum atomic E-state index is -1.10. The molecule has 0 atom stereocenters. The average Bonchev–Trinajstić information content (AvgIpc) is 2.29. The molecular weight excluding hydrogens is 258 g/mol. The molecule has 0 spiro atoms. The number of halogens is 1. The second-order valence-corrected chi connectivity index (χ2v) is 3.93. The molecule has 0 unspecified atom stereocenters. The number of rotatable bonds is 6. The summed E-state index contributed by atoms with van der Waals surface area (Å²) in [6.07, 6.45) is 0.166. The highest BCUT2D eigenvalue weighted by Crippen LogP contribution is 2.23. The van der Waals surface area contributed by atoms with Gasteiger partial charge in [-0.1, -0.05) is 11.6 Å². The van der Waals surface area contributed by atoms with Crippen molar-refractivity contribution in [2.45, 2.75) is 13.3 Å². The average molecular weight is 272 g/mol. The Hall–Kier alpha value is -1.75. The van der Waals surface area contributed by atoms with E-state index in [2.05, 4.69) is 5.32 Å². The lowest BCUT2D eigenvalue weighted by Crippen LogP contribution is -2.24. The number of carbonyl (C=O) groups is 2. The zero-order valence-corrected chi connectivity index (χ0v) is 10.7. The van der Waals surface area contributed by atoms with Crippen molar-refractivity contribution in [2.75, 3.05) is 13.2 Å². The number of benzene rings is 1. The first-order valence-electron chi connectivity index (χ1n) is 5.47. The highest BCUT2D eigenvalue weighted by Gasteiger charge is 2.12. The van der Waals surface area contributed by atoms with Gasteiger partial charge in [-0.3, -0.25) is 4.79 Å². The molecule has 0 heterocycles. The summed E-state index contributed by atoms with van der Waals surface area (Å²) in [6.45, 7) is 2.47. The van der Waals surface area contributed by atoms with Crippen LogP contribution in [0, 0.1) is 0 Å². The monoisotopic (exact) mass is 271 g/mol. The van der Waals surface area contributed by atoms with Crippen molar-refractivity contribution in [1.82, 2.24) is 5.32 Å². The summed E-state index contributed by atoms with van der Waals surface area (Å²) in [5.74, 6) is -1.07. The number of hydrogen-bond donors (Lipinski definition) is 2. The molecule has 1 rings (SSSR count). The maximum Gasteiger partial charge on any atom is 0.339 e. The SMILES string of the molecule is CCNC(=O)CCOc1cc(Cl)ccc1C(=O)O. The Morgan fingerprint density at radius 2 is 2.17 bits per heavy atom. The van der Waals surface area contributed by atoms with Crippen LogP contribution < -0.4 is 10.1 Å². The summed E-state index contributed by atoms with van der Waals surface area (Å²) in [5.41, 5.74) is 0.0234. The fourth-order valence-electron chi connectivity index (χ4n) is 1.33. The summed E-state index contributed by atoms with van der Waals surface area (Å²) in [5, 5.41) is 11.9. The normalized spacial score (nSPS) is 9.89. The van der Waals surface area contributed by atoms with Crippen molar-refractivity contribution in [2.24, 2.45) is 0 Å². The molecule has 1 aromatic rings. The maximum absolute atomic E-state index is 11.2. The van der Waals surface area contributed by atoms with Gasteiger partial charge in [0.1, 0.15) is 11.3 Å². The summed E-state index contributed by atoms with van der Waals surface area (Å²) < 4.78 is 5.27. The highest BCUT2D eigenvalue weighted by molar-refractivity contribution is 6.30. The van der Waals surface area contributed by atoms with Crippen LogP contribution in [0.2, 0.25) is 5.02 Å². The second-order valence-electron chi connectivity index (χ2n) is 3.50. The van der Waals surface area contributed by atoms with Gasteiger partial charge in [-0.25, -0.2) is 4.79 Å². The van der Waals surface area contributed by atoms with Crippen molar-refractivity contribution in [3.63, 3.8) is 0 Å². The molecule has 0 bridgehead atoms. The van der Waals surface area contributed by atoms with E-state index in [1.807, 2.05) is 6.92 Å². The van der Waals surface area contributed by atoms with Crippen molar-refractivity contribution < 1.29 is 19.4 Å². The molecule has 0 aromatic heterocycles. The zero-order chi connectivity index (χ0) is 13.5. The third-order valence-corrected chi connectivity index (χ3v) is 2.37. The summed E-state index contributed by atoms with van der Waals surface area (Å²) >= 11 is 5.76. The van der Waals surface area contributed by atoms with E-state index in [1.54, 1.807) is 0 Å². The molecule has 1 amide bonds. The van der Waals surface area contributed by atoms with Crippen LogP contribution in [-0.4, -0.2) is 30.1 Å². The minimum Gasteiger partial charge on any atom is -0.492 e. The Bertz CT molecular complexity index is 448. The number of aromatic carboxylic acids is 1. The molecule has 0 saturated heterocycles. The van der Waals surface area contributed by atoms with Gasteiger partial charge in [-0.2, -0.15) is 0 Å². The Labute approximate surface area is 110 Å². The number of nitrogens with one attached hydrogen (secondary N) is 1. The molecule has 0 aliphatic carbocycles. The molecule has 2 N–H and O–H groups in total. The quantitative estimate of drug-likeness (QED) is 0.829. The van der Waals surface area contributed by atoms with Gasteiger partial charge in [0, 0.05) is 11.6 Å². The Morgan fingerprint density at radius 3 is 2.78 bits per heavy atom. The van der Waals surface area contributed by atoms with Crippen LogP contribution in [0.25, 0.3) is 0 Å². The molecule has 98 valence electrons. The molecule has 0 fully saturated rings. The third-order valence-electron chi connectivity index (χ3n) is 2.13. The van der Waals surface area contributed by atoms with Gasteiger partial charge in [0.2, 0.25) is 5.91 Å². The molecular formula is C12H14ClNO4. The van der Waals surface area contributed by atoms with Gasteiger partial charge in [0.15, 0.2) is 0 Å². The lowest BCUT2D eigenvalue weighted by Gasteiger charge is -2.09. The fourth-order valence-corrected chi connectivity index (χ4v) is 1.49. The van der Waals surface area contributed by atoms with E-state index in [1.165, 1.54) is 18.2 Å². The molecule has 5 nitrogen and oxygen atoms in total. The van der Waals surface area contributed by atoms with E-state index in [9.17, 15) is 9.59 Å². The lowest BCUT2D eigenvalue weighted by molar-refractivity contribution is -0.121. The first kappa shape index (κ1) is 14.3. The van der Waals surface area contributed by atoms with Crippen LogP contribution in [0.15, 0.2) is 18.2 Å². The lowest BCUT2D eigenvalue weighted by atomic mass is 10.2. The van der Waals surface area contributed by atoms with Crippen LogP contribution in [0.3, 0.4) is 0 Å². The summed E-state index contributed by atoms with van der Waals surface area (Å²) in [6, 6.07) is 4.26. The number of carbonyl (C=O) groups excluding carboxylic acids is 1. The van der Waals surface area contributed by atoms with Crippen molar-refractivity contribution >= 4 is 23.5 Å². The van der Waals surface area contributed by atoms with E-state index >= 15 is 0 Å². The molecule has 0 radical (unpaired) electrons. The van der Waals surface area contributed by atoms with E-state index in [-0.39, 0.29) is 30.2 Å². The standard InChI is InChI=1S/C12H14ClNO4/c1-2-14-11(15)5-6-18-10-7-8(13)3-4-9(10)12(16)17/h3-4,7H,2,5-6H2,1H3,(H,14,15)(H,16,17). The van der Waals surface area contributed by atoms with Crippen LogP contribution in [-0.2, 0) is 4.79 Å². The predicted molar refractivity (Wildman–Crippen MR) is 67.2 cm³/mol. The minimum absolute atomic E-state index is 0.0234. The summed E-state index contributed by atoms with van der Waals surface area (Å²) in [7, 11) is 0. The number of carboxylic acids is 1. The fraction of sp³-hybridized carbons (Fsp3) is 0.333. The first-order chi connectivity index (χ1) is 8.54. The van der Waals surface area contributed by atoms with Gasteiger partial charge >= 0.3 is 5.97 Å². The molecule has 18 heavy (non-hydrogen) atoms. The smallest absolute Gasteiger partial charge is 0.339 e. The number of carboxylic acid groups (broad SMARTS) is 1. The zero-order valence-electron chi connectivity index (χ0n) is 9.90. The van der Waals surface area contributed by atoms with Crippen LogP contribution in [0.1, 0.15) is 23.7 Å². The number of ether oxygens (including phenoxy) is 1. The summed E-state index contributed by atoms with van der Waals surface area (Å²) in [4.78, 5) is 22.1. The first-order valence-corrected chi connectivity index (χ1v) is 5.84. The largest absolute Gasteiger partial charge is 0.492 e. The molecule has 0 aliphatic rings. The number of hydrogen-bond acceptors (Lipinski definition) is 3. The molecule has 1 aromatic carbocycles. The van der Waals surface area contributed by atoms with Crippen LogP contribution >= 0.6 is 11.6 Å².